The number of rotatable bonds is 5. The summed E-state index contributed by atoms with van der Waals surface area (Å²) in [6.07, 6.45) is 6.25. The van der Waals surface area contributed by atoms with Gasteiger partial charge in [0, 0.05) is 25.8 Å². The zero-order chi connectivity index (χ0) is 13.8. The molecule has 4 nitrogen and oxygen atoms in total. The summed E-state index contributed by atoms with van der Waals surface area (Å²) >= 11 is 2.06. The van der Waals surface area contributed by atoms with E-state index in [2.05, 4.69) is 21.3 Å². The Bertz CT molecular complexity index is 563. The molecule has 2 aromatic heterocycles. The first-order chi connectivity index (χ1) is 9.88. The van der Waals surface area contributed by atoms with Crippen molar-refractivity contribution < 1.29 is 5.11 Å². The Labute approximate surface area is 123 Å². The maximum atomic E-state index is 9.09. The zero-order valence-electron chi connectivity index (χ0n) is 11.7. The highest BCUT2D eigenvalue weighted by Gasteiger charge is 2.19. The monoisotopic (exact) mass is 291 g/mol. The summed E-state index contributed by atoms with van der Waals surface area (Å²) in [6, 6.07) is 3.96. The number of aryl methyl sites for hydroxylation is 1. The molecule has 1 fully saturated rings. The van der Waals surface area contributed by atoms with Crippen molar-refractivity contribution in [1.82, 2.24) is 14.5 Å². The van der Waals surface area contributed by atoms with E-state index >= 15 is 0 Å². The molecule has 1 N–H and O–H groups in total. The van der Waals surface area contributed by atoms with Crippen molar-refractivity contribution in [2.45, 2.75) is 32.2 Å². The molecule has 1 unspecified atom stereocenters. The minimum Gasteiger partial charge on any atom is -0.396 e. The summed E-state index contributed by atoms with van der Waals surface area (Å²) in [4.78, 5) is 9.23. The first-order valence-corrected chi connectivity index (χ1v) is 8.52. The van der Waals surface area contributed by atoms with Crippen LogP contribution in [-0.2, 0) is 13.0 Å². The van der Waals surface area contributed by atoms with Gasteiger partial charge in [-0.3, -0.25) is 0 Å². The molecule has 3 rings (SSSR count). The molecule has 0 radical (unpaired) electrons. The van der Waals surface area contributed by atoms with Crippen LogP contribution < -0.4 is 0 Å². The summed E-state index contributed by atoms with van der Waals surface area (Å²) in [5.74, 6) is 4.42. The molecule has 1 aliphatic rings. The number of fused-ring (bicyclic) bond motifs is 1. The van der Waals surface area contributed by atoms with Gasteiger partial charge in [0.25, 0.3) is 0 Å². The summed E-state index contributed by atoms with van der Waals surface area (Å²) in [6.45, 7) is 1.02. The fourth-order valence-corrected chi connectivity index (χ4v) is 4.01. The predicted molar refractivity (Wildman–Crippen MR) is 83.0 cm³/mol. The second-order valence-corrected chi connectivity index (χ2v) is 6.54. The molecule has 1 saturated heterocycles. The van der Waals surface area contributed by atoms with Gasteiger partial charge < -0.3 is 9.67 Å². The van der Waals surface area contributed by atoms with Crippen LogP contribution in [0.3, 0.4) is 0 Å². The number of thioether (sulfide) groups is 1. The minimum absolute atomic E-state index is 0.214. The Hall–Kier alpha value is -1.07. The fraction of sp³-hybridized carbons (Fsp3) is 0.600. The molecule has 0 amide bonds. The van der Waals surface area contributed by atoms with E-state index in [0.717, 1.165) is 42.3 Å². The number of aliphatic hydroxyl groups excluding tert-OH is 1. The van der Waals surface area contributed by atoms with Crippen LogP contribution in [0.25, 0.3) is 11.2 Å². The highest BCUT2D eigenvalue weighted by atomic mass is 32.2. The van der Waals surface area contributed by atoms with E-state index < -0.39 is 0 Å². The highest BCUT2D eigenvalue weighted by Crippen LogP contribution is 2.26. The number of aromatic nitrogens is 3. The van der Waals surface area contributed by atoms with Gasteiger partial charge in [-0.2, -0.15) is 11.8 Å². The van der Waals surface area contributed by atoms with E-state index in [1.54, 1.807) is 0 Å². The second-order valence-electron chi connectivity index (χ2n) is 5.39. The van der Waals surface area contributed by atoms with E-state index in [4.69, 9.17) is 10.1 Å². The molecule has 3 heterocycles. The average molecular weight is 291 g/mol. The van der Waals surface area contributed by atoms with Gasteiger partial charge in [-0.25, -0.2) is 9.97 Å². The predicted octanol–water partition coefficient (Wildman–Crippen LogP) is 2.50. The van der Waals surface area contributed by atoms with Crippen LogP contribution in [0.1, 0.15) is 25.1 Å². The number of hydrogen-bond acceptors (Lipinski definition) is 4. The highest BCUT2D eigenvalue weighted by molar-refractivity contribution is 7.99. The van der Waals surface area contributed by atoms with Crippen molar-refractivity contribution >= 4 is 22.9 Å². The quantitative estimate of drug-likeness (QED) is 0.919. The van der Waals surface area contributed by atoms with Crippen molar-refractivity contribution in [1.29, 1.82) is 0 Å². The van der Waals surface area contributed by atoms with Crippen molar-refractivity contribution in [3.63, 3.8) is 0 Å². The van der Waals surface area contributed by atoms with Crippen molar-refractivity contribution in [2.75, 3.05) is 18.1 Å². The number of hydrogen-bond donors (Lipinski definition) is 1. The Morgan fingerprint density at radius 1 is 1.45 bits per heavy atom. The van der Waals surface area contributed by atoms with Gasteiger partial charge in [-0.15, -0.1) is 0 Å². The smallest absolute Gasteiger partial charge is 0.159 e. The third kappa shape index (κ3) is 2.99. The Morgan fingerprint density at radius 2 is 2.40 bits per heavy atom. The standard InChI is InChI=1S/C15H21N3OS/c19-8-3-7-18-14(10-12-4-2-9-20-11-12)17-13-5-1-6-16-15(13)18/h1,5-6,12,19H,2-4,7-11H2. The van der Waals surface area contributed by atoms with Gasteiger partial charge in [0.2, 0.25) is 0 Å². The summed E-state index contributed by atoms with van der Waals surface area (Å²) in [5, 5.41) is 9.09. The lowest BCUT2D eigenvalue weighted by molar-refractivity contribution is 0.279. The molecule has 1 atom stereocenters. The second kappa shape index (κ2) is 6.59. The molecule has 1 aliphatic heterocycles. The molecule has 5 heteroatoms. The van der Waals surface area contributed by atoms with Crippen LogP contribution in [0.5, 0.6) is 0 Å². The first kappa shape index (κ1) is 13.9. The van der Waals surface area contributed by atoms with Crippen molar-refractivity contribution in [2.24, 2.45) is 5.92 Å². The van der Waals surface area contributed by atoms with Crippen LogP contribution in [0.15, 0.2) is 18.3 Å². The van der Waals surface area contributed by atoms with Gasteiger partial charge in [0.1, 0.15) is 11.3 Å². The summed E-state index contributed by atoms with van der Waals surface area (Å²) in [7, 11) is 0. The fourth-order valence-electron chi connectivity index (χ4n) is 2.85. The number of imidazole rings is 1. The Kier molecular flexibility index (Phi) is 4.58. The van der Waals surface area contributed by atoms with Gasteiger partial charge in [0.15, 0.2) is 5.65 Å². The molecule has 0 aromatic carbocycles. The zero-order valence-corrected chi connectivity index (χ0v) is 12.5. The first-order valence-electron chi connectivity index (χ1n) is 7.37. The molecular formula is C15H21N3OS. The van der Waals surface area contributed by atoms with Crippen LogP contribution >= 0.6 is 11.8 Å². The largest absolute Gasteiger partial charge is 0.396 e. The SMILES string of the molecule is OCCCn1c(CC2CCCSC2)nc2cccnc21. The topological polar surface area (TPSA) is 50.9 Å². The Morgan fingerprint density at radius 3 is 3.20 bits per heavy atom. The third-order valence-electron chi connectivity index (χ3n) is 3.85. The average Bonchev–Trinajstić information content (AvgIpc) is 2.83. The number of aliphatic hydroxyl groups is 1. The van der Waals surface area contributed by atoms with Crippen LogP contribution in [0.2, 0.25) is 0 Å². The van der Waals surface area contributed by atoms with Gasteiger partial charge in [0.05, 0.1) is 0 Å². The molecule has 20 heavy (non-hydrogen) atoms. The van der Waals surface area contributed by atoms with Crippen LogP contribution in [0, 0.1) is 5.92 Å². The molecule has 0 spiro atoms. The maximum absolute atomic E-state index is 9.09. The third-order valence-corrected chi connectivity index (χ3v) is 5.13. The van der Waals surface area contributed by atoms with E-state index in [9.17, 15) is 0 Å². The van der Waals surface area contributed by atoms with E-state index in [1.165, 1.54) is 24.3 Å². The summed E-state index contributed by atoms with van der Waals surface area (Å²) in [5.41, 5.74) is 1.93. The van der Waals surface area contributed by atoms with Crippen molar-refractivity contribution in [3.05, 3.63) is 24.2 Å². The molecular weight excluding hydrogens is 270 g/mol. The molecule has 0 aliphatic carbocycles. The van der Waals surface area contributed by atoms with Crippen LogP contribution in [0.4, 0.5) is 0 Å². The van der Waals surface area contributed by atoms with E-state index in [0.29, 0.717) is 0 Å². The number of pyridine rings is 1. The lowest BCUT2D eigenvalue weighted by atomic mass is 10.0. The molecule has 0 saturated carbocycles. The van der Waals surface area contributed by atoms with Gasteiger partial charge in [-0.05, 0) is 48.8 Å². The van der Waals surface area contributed by atoms with Crippen molar-refractivity contribution in [3.8, 4) is 0 Å². The molecule has 108 valence electrons. The lowest BCUT2D eigenvalue weighted by Gasteiger charge is -2.21. The number of nitrogens with zero attached hydrogens (tertiary/aromatic N) is 3. The summed E-state index contributed by atoms with van der Waals surface area (Å²) < 4.78 is 2.20. The van der Waals surface area contributed by atoms with Gasteiger partial charge in [-0.1, -0.05) is 0 Å². The molecule has 2 aromatic rings. The Balaban J connectivity index is 1.87. The minimum atomic E-state index is 0.214. The van der Waals surface area contributed by atoms with E-state index in [1.807, 2.05) is 18.3 Å². The van der Waals surface area contributed by atoms with Crippen LogP contribution in [-0.4, -0.2) is 37.8 Å². The van der Waals surface area contributed by atoms with Gasteiger partial charge >= 0.3 is 0 Å². The molecule has 0 bridgehead atoms. The maximum Gasteiger partial charge on any atom is 0.159 e. The lowest BCUT2D eigenvalue weighted by Crippen LogP contribution is -2.16. The van der Waals surface area contributed by atoms with E-state index in [-0.39, 0.29) is 6.61 Å². The normalized spacial score (nSPS) is 19.6.